The standard InChI is InChI=1S/C16H24N4O2/c1-12(21)19-16(7-3-2-4-8-16)15(22)18-13-5-6-14-17-9-10-20(14)11-13/h9-10,13H,2-8,11H2,1H3,(H,18,22)(H,19,21). The van der Waals surface area contributed by atoms with E-state index in [2.05, 4.69) is 20.2 Å². The number of aryl methyl sites for hydroxylation is 1. The normalized spacial score (nSPS) is 23.4. The van der Waals surface area contributed by atoms with Crippen LogP contribution < -0.4 is 10.6 Å². The molecule has 1 aliphatic heterocycles. The van der Waals surface area contributed by atoms with Gasteiger partial charge in [0.2, 0.25) is 11.8 Å². The Morgan fingerprint density at radius 2 is 2.09 bits per heavy atom. The predicted molar refractivity (Wildman–Crippen MR) is 82.1 cm³/mol. The molecule has 2 amide bonds. The van der Waals surface area contributed by atoms with Gasteiger partial charge in [-0.1, -0.05) is 19.3 Å². The Labute approximate surface area is 130 Å². The van der Waals surface area contributed by atoms with Crippen LogP contribution in [0, 0.1) is 0 Å². The maximum atomic E-state index is 12.8. The quantitative estimate of drug-likeness (QED) is 0.879. The first-order valence-electron chi connectivity index (χ1n) is 8.19. The summed E-state index contributed by atoms with van der Waals surface area (Å²) >= 11 is 0. The molecule has 0 saturated heterocycles. The summed E-state index contributed by atoms with van der Waals surface area (Å²) in [6.45, 7) is 2.25. The van der Waals surface area contributed by atoms with Gasteiger partial charge in [-0.05, 0) is 19.3 Å². The minimum Gasteiger partial charge on any atom is -0.350 e. The van der Waals surface area contributed by atoms with E-state index in [1.54, 1.807) is 6.20 Å². The molecule has 6 heteroatoms. The molecule has 1 unspecified atom stereocenters. The smallest absolute Gasteiger partial charge is 0.246 e. The molecule has 3 rings (SSSR count). The Hall–Kier alpha value is -1.85. The minimum atomic E-state index is -0.709. The molecule has 0 spiro atoms. The first-order chi connectivity index (χ1) is 10.6. The van der Waals surface area contributed by atoms with E-state index in [0.717, 1.165) is 57.3 Å². The van der Waals surface area contributed by atoms with Gasteiger partial charge in [0, 0.05) is 38.3 Å². The van der Waals surface area contributed by atoms with Crippen LogP contribution in [0.1, 0.15) is 51.3 Å². The molecule has 2 aliphatic rings. The second-order valence-corrected chi connectivity index (χ2v) is 6.53. The number of amides is 2. The van der Waals surface area contributed by atoms with E-state index in [4.69, 9.17) is 0 Å². The summed E-state index contributed by atoms with van der Waals surface area (Å²) in [6.07, 6.45) is 10.1. The van der Waals surface area contributed by atoms with Crippen molar-refractivity contribution in [2.45, 2.75) is 70.0 Å². The summed E-state index contributed by atoms with van der Waals surface area (Å²) < 4.78 is 2.10. The molecule has 0 bridgehead atoms. The zero-order valence-electron chi connectivity index (χ0n) is 13.1. The summed E-state index contributed by atoms with van der Waals surface area (Å²) in [4.78, 5) is 28.7. The number of rotatable bonds is 3. The molecule has 1 aromatic heterocycles. The van der Waals surface area contributed by atoms with Gasteiger partial charge in [-0.2, -0.15) is 0 Å². The molecule has 0 aromatic carbocycles. The van der Waals surface area contributed by atoms with Crippen molar-refractivity contribution in [3.63, 3.8) is 0 Å². The molecule has 1 aliphatic carbocycles. The highest BCUT2D eigenvalue weighted by atomic mass is 16.2. The summed E-state index contributed by atoms with van der Waals surface area (Å²) in [5.74, 6) is 0.938. The van der Waals surface area contributed by atoms with Gasteiger partial charge < -0.3 is 15.2 Å². The van der Waals surface area contributed by atoms with E-state index in [0.29, 0.717) is 0 Å². The molecule has 6 nitrogen and oxygen atoms in total. The Morgan fingerprint density at radius 1 is 1.32 bits per heavy atom. The van der Waals surface area contributed by atoms with Crippen molar-refractivity contribution < 1.29 is 9.59 Å². The number of nitrogens with one attached hydrogen (secondary N) is 2. The van der Waals surface area contributed by atoms with Gasteiger partial charge >= 0.3 is 0 Å². The first-order valence-corrected chi connectivity index (χ1v) is 8.19. The van der Waals surface area contributed by atoms with Crippen LogP contribution in [-0.4, -0.2) is 32.9 Å². The van der Waals surface area contributed by atoms with Crippen molar-refractivity contribution in [1.29, 1.82) is 0 Å². The molecule has 1 aromatic rings. The molecule has 120 valence electrons. The zero-order chi connectivity index (χ0) is 15.6. The lowest BCUT2D eigenvalue weighted by Crippen LogP contribution is -2.61. The highest BCUT2D eigenvalue weighted by Gasteiger charge is 2.41. The fourth-order valence-electron chi connectivity index (χ4n) is 3.71. The highest BCUT2D eigenvalue weighted by Crippen LogP contribution is 2.29. The Morgan fingerprint density at radius 3 is 2.82 bits per heavy atom. The molecule has 1 atom stereocenters. The van der Waals surface area contributed by atoms with Gasteiger partial charge in [0.05, 0.1) is 0 Å². The summed E-state index contributed by atoms with van der Waals surface area (Å²) in [5, 5.41) is 6.09. The molecule has 2 N–H and O–H groups in total. The Balaban J connectivity index is 1.68. The van der Waals surface area contributed by atoms with Gasteiger partial charge in [-0.25, -0.2) is 4.98 Å². The van der Waals surface area contributed by atoms with E-state index >= 15 is 0 Å². The molecular weight excluding hydrogens is 280 g/mol. The van der Waals surface area contributed by atoms with Crippen molar-refractivity contribution in [2.24, 2.45) is 0 Å². The van der Waals surface area contributed by atoms with Gasteiger partial charge in [-0.15, -0.1) is 0 Å². The predicted octanol–water partition coefficient (Wildman–Crippen LogP) is 1.15. The number of carbonyl (C=O) groups is 2. The van der Waals surface area contributed by atoms with E-state index in [-0.39, 0.29) is 17.9 Å². The van der Waals surface area contributed by atoms with Crippen LogP contribution in [0.25, 0.3) is 0 Å². The first kappa shape index (κ1) is 15.1. The molecule has 1 fully saturated rings. The maximum Gasteiger partial charge on any atom is 0.246 e. The molecule has 0 radical (unpaired) electrons. The van der Waals surface area contributed by atoms with E-state index in [1.807, 2.05) is 6.20 Å². The van der Waals surface area contributed by atoms with Crippen LogP contribution in [-0.2, 0) is 22.6 Å². The number of hydrogen-bond donors (Lipinski definition) is 2. The van der Waals surface area contributed by atoms with Gasteiger partial charge in [0.1, 0.15) is 11.4 Å². The van der Waals surface area contributed by atoms with Crippen LogP contribution in [0.4, 0.5) is 0 Å². The average Bonchev–Trinajstić information content (AvgIpc) is 2.95. The molecule has 2 heterocycles. The summed E-state index contributed by atoms with van der Waals surface area (Å²) in [6, 6.07) is 0.113. The largest absolute Gasteiger partial charge is 0.350 e. The van der Waals surface area contributed by atoms with Crippen LogP contribution in [0.2, 0.25) is 0 Å². The average molecular weight is 304 g/mol. The maximum absolute atomic E-state index is 12.8. The third-order valence-corrected chi connectivity index (χ3v) is 4.83. The fourth-order valence-corrected chi connectivity index (χ4v) is 3.71. The lowest BCUT2D eigenvalue weighted by atomic mass is 9.80. The SMILES string of the molecule is CC(=O)NC1(C(=O)NC2CCc3nccn3C2)CCCCC1. The number of hydrogen-bond acceptors (Lipinski definition) is 3. The number of nitrogens with zero attached hydrogens (tertiary/aromatic N) is 2. The van der Waals surface area contributed by atoms with Crippen molar-refractivity contribution in [3.05, 3.63) is 18.2 Å². The second kappa shape index (κ2) is 6.10. The molecular formula is C16H24N4O2. The molecule has 1 saturated carbocycles. The van der Waals surface area contributed by atoms with Gasteiger partial charge in [-0.3, -0.25) is 9.59 Å². The van der Waals surface area contributed by atoms with Crippen molar-refractivity contribution in [3.8, 4) is 0 Å². The van der Waals surface area contributed by atoms with E-state index < -0.39 is 5.54 Å². The number of fused-ring (bicyclic) bond motifs is 1. The minimum absolute atomic E-state index is 0.0176. The van der Waals surface area contributed by atoms with Gasteiger partial charge in [0.15, 0.2) is 0 Å². The monoisotopic (exact) mass is 304 g/mol. The summed E-state index contributed by atoms with van der Waals surface area (Å²) in [7, 11) is 0. The number of imidazole rings is 1. The van der Waals surface area contributed by atoms with Crippen LogP contribution in [0.5, 0.6) is 0 Å². The van der Waals surface area contributed by atoms with Crippen molar-refractivity contribution in [2.75, 3.05) is 0 Å². The third-order valence-electron chi connectivity index (χ3n) is 4.83. The second-order valence-electron chi connectivity index (χ2n) is 6.53. The lowest BCUT2D eigenvalue weighted by molar-refractivity contribution is -0.135. The number of aromatic nitrogens is 2. The van der Waals surface area contributed by atoms with E-state index in [9.17, 15) is 9.59 Å². The van der Waals surface area contributed by atoms with Crippen LogP contribution >= 0.6 is 0 Å². The van der Waals surface area contributed by atoms with Crippen LogP contribution in [0.3, 0.4) is 0 Å². The summed E-state index contributed by atoms with van der Waals surface area (Å²) in [5.41, 5.74) is -0.709. The van der Waals surface area contributed by atoms with Crippen molar-refractivity contribution in [1.82, 2.24) is 20.2 Å². The highest BCUT2D eigenvalue weighted by molar-refractivity contribution is 5.91. The fraction of sp³-hybridized carbons (Fsp3) is 0.688. The Kier molecular flexibility index (Phi) is 4.18. The van der Waals surface area contributed by atoms with Gasteiger partial charge in [0.25, 0.3) is 0 Å². The third kappa shape index (κ3) is 3.00. The topological polar surface area (TPSA) is 76.0 Å². The van der Waals surface area contributed by atoms with Crippen LogP contribution in [0.15, 0.2) is 12.4 Å². The lowest BCUT2D eigenvalue weighted by Gasteiger charge is -2.38. The number of carbonyl (C=O) groups excluding carboxylic acids is 2. The van der Waals surface area contributed by atoms with Crippen molar-refractivity contribution >= 4 is 11.8 Å². The van der Waals surface area contributed by atoms with E-state index in [1.165, 1.54) is 6.92 Å². The zero-order valence-corrected chi connectivity index (χ0v) is 13.1. The Bertz CT molecular complexity index is 560. The molecule has 22 heavy (non-hydrogen) atoms.